The molecule has 1 aromatic rings. The quantitative estimate of drug-likeness (QED) is 0.917. The van der Waals surface area contributed by atoms with Crippen LogP contribution >= 0.6 is 0 Å². The van der Waals surface area contributed by atoms with Gasteiger partial charge < -0.3 is 5.32 Å². The number of piperidine rings is 1. The van der Waals surface area contributed by atoms with Gasteiger partial charge in [-0.05, 0) is 24.8 Å². The summed E-state index contributed by atoms with van der Waals surface area (Å²) in [6.45, 7) is 5.66. The molecular formula is C16H23F3N2. The Bertz CT molecular complexity index is 442. The Morgan fingerprint density at radius 3 is 2.48 bits per heavy atom. The first-order valence-electron chi connectivity index (χ1n) is 7.40. The molecule has 2 nitrogen and oxygen atoms in total. The van der Waals surface area contributed by atoms with Gasteiger partial charge in [-0.3, -0.25) is 4.90 Å². The van der Waals surface area contributed by atoms with Crippen molar-refractivity contribution >= 4 is 0 Å². The topological polar surface area (TPSA) is 15.3 Å². The molecular weight excluding hydrogens is 277 g/mol. The van der Waals surface area contributed by atoms with Crippen LogP contribution in [0.25, 0.3) is 0 Å². The molecule has 1 aromatic carbocycles. The number of benzene rings is 1. The van der Waals surface area contributed by atoms with Crippen LogP contribution in [0.3, 0.4) is 0 Å². The Labute approximate surface area is 124 Å². The highest BCUT2D eigenvalue weighted by molar-refractivity contribution is 5.21. The van der Waals surface area contributed by atoms with Crippen molar-refractivity contribution in [2.75, 3.05) is 19.6 Å². The van der Waals surface area contributed by atoms with Crippen LogP contribution in [0.2, 0.25) is 0 Å². The zero-order valence-corrected chi connectivity index (χ0v) is 12.6. The molecule has 0 spiro atoms. The lowest BCUT2D eigenvalue weighted by molar-refractivity contribution is -0.127. The summed E-state index contributed by atoms with van der Waals surface area (Å²) in [6.07, 6.45) is -3.33. The Balaban J connectivity index is 1.89. The van der Waals surface area contributed by atoms with Crippen molar-refractivity contribution in [3.63, 3.8) is 0 Å². The van der Waals surface area contributed by atoms with Gasteiger partial charge in [0, 0.05) is 25.7 Å². The first kappa shape index (κ1) is 16.3. The summed E-state index contributed by atoms with van der Waals surface area (Å²) in [5, 5.41) is 2.65. The second kappa shape index (κ2) is 6.79. The molecule has 0 amide bonds. The van der Waals surface area contributed by atoms with Gasteiger partial charge in [-0.15, -0.1) is 0 Å². The number of halogens is 3. The van der Waals surface area contributed by atoms with Crippen LogP contribution in [0.5, 0.6) is 0 Å². The minimum Gasteiger partial charge on any atom is -0.305 e. The fourth-order valence-corrected chi connectivity index (χ4v) is 2.95. The van der Waals surface area contributed by atoms with Crippen molar-refractivity contribution in [1.82, 2.24) is 10.2 Å². The van der Waals surface area contributed by atoms with Crippen molar-refractivity contribution in [3.8, 4) is 0 Å². The maximum atomic E-state index is 12.3. The molecule has 2 atom stereocenters. The lowest BCUT2D eigenvalue weighted by atomic mass is 9.95. The van der Waals surface area contributed by atoms with E-state index < -0.39 is 12.7 Å². The average Bonchev–Trinajstić information content (AvgIpc) is 2.38. The number of aryl methyl sites for hydroxylation is 1. The molecule has 1 heterocycles. The van der Waals surface area contributed by atoms with Crippen molar-refractivity contribution in [2.24, 2.45) is 5.92 Å². The summed E-state index contributed by atoms with van der Waals surface area (Å²) in [7, 11) is 0. The normalized spacial score (nSPS) is 24.2. The fraction of sp³-hybridized carbons (Fsp3) is 0.625. The lowest BCUT2D eigenvalue weighted by Crippen LogP contribution is -2.50. The van der Waals surface area contributed by atoms with Gasteiger partial charge >= 0.3 is 6.18 Å². The highest BCUT2D eigenvalue weighted by atomic mass is 19.4. The summed E-state index contributed by atoms with van der Waals surface area (Å²) in [5.41, 5.74) is 2.43. The monoisotopic (exact) mass is 300 g/mol. The number of nitrogens with one attached hydrogen (secondary N) is 1. The Morgan fingerprint density at radius 2 is 1.86 bits per heavy atom. The molecule has 0 aromatic heterocycles. The standard InChI is InChI=1S/C16H23F3N2/c1-12-3-5-14(6-4-12)9-21-8-13(2)7-15(10-21)20-11-16(17,18)19/h3-6,13,15,20H,7-11H2,1-2H3. The number of nitrogens with zero attached hydrogens (tertiary/aromatic N) is 1. The molecule has 1 aliphatic heterocycles. The van der Waals surface area contributed by atoms with Crippen LogP contribution in [0, 0.1) is 12.8 Å². The van der Waals surface area contributed by atoms with Crippen molar-refractivity contribution in [3.05, 3.63) is 35.4 Å². The van der Waals surface area contributed by atoms with Gasteiger partial charge in [-0.2, -0.15) is 13.2 Å². The Kier molecular flexibility index (Phi) is 5.27. The third-order valence-corrected chi connectivity index (χ3v) is 3.85. The first-order valence-corrected chi connectivity index (χ1v) is 7.40. The van der Waals surface area contributed by atoms with Crippen molar-refractivity contribution in [2.45, 2.75) is 39.0 Å². The molecule has 118 valence electrons. The maximum Gasteiger partial charge on any atom is 0.401 e. The lowest BCUT2D eigenvalue weighted by Gasteiger charge is -2.37. The highest BCUT2D eigenvalue weighted by Gasteiger charge is 2.31. The van der Waals surface area contributed by atoms with E-state index >= 15 is 0 Å². The van der Waals surface area contributed by atoms with Crippen LogP contribution in [0.1, 0.15) is 24.5 Å². The SMILES string of the molecule is Cc1ccc(CN2CC(C)CC(NCC(F)(F)F)C2)cc1. The van der Waals surface area contributed by atoms with Gasteiger partial charge in [0.25, 0.3) is 0 Å². The molecule has 21 heavy (non-hydrogen) atoms. The molecule has 1 aliphatic rings. The third-order valence-electron chi connectivity index (χ3n) is 3.85. The highest BCUT2D eigenvalue weighted by Crippen LogP contribution is 2.20. The molecule has 2 rings (SSSR count). The zero-order valence-electron chi connectivity index (χ0n) is 12.6. The molecule has 1 N–H and O–H groups in total. The van der Waals surface area contributed by atoms with E-state index in [-0.39, 0.29) is 6.04 Å². The van der Waals surface area contributed by atoms with Gasteiger partial charge in [-0.1, -0.05) is 36.8 Å². The van der Waals surface area contributed by atoms with E-state index in [0.717, 1.165) is 19.5 Å². The van der Waals surface area contributed by atoms with E-state index in [1.54, 1.807) is 0 Å². The van der Waals surface area contributed by atoms with E-state index in [9.17, 15) is 13.2 Å². The van der Waals surface area contributed by atoms with Gasteiger partial charge in [0.2, 0.25) is 0 Å². The van der Waals surface area contributed by atoms with Crippen LogP contribution in [-0.2, 0) is 6.54 Å². The minimum atomic E-state index is -4.14. The predicted octanol–water partition coefficient (Wildman–Crippen LogP) is 3.36. The van der Waals surface area contributed by atoms with E-state index in [0.29, 0.717) is 12.5 Å². The summed E-state index contributed by atoms with van der Waals surface area (Å²) in [4.78, 5) is 2.24. The van der Waals surface area contributed by atoms with E-state index in [1.165, 1.54) is 11.1 Å². The second-order valence-corrected chi connectivity index (χ2v) is 6.21. The molecule has 2 unspecified atom stereocenters. The Morgan fingerprint density at radius 1 is 1.19 bits per heavy atom. The number of hydrogen-bond acceptors (Lipinski definition) is 2. The van der Waals surface area contributed by atoms with Crippen molar-refractivity contribution in [1.29, 1.82) is 0 Å². The number of alkyl halides is 3. The first-order chi connectivity index (χ1) is 9.82. The van der Waals surface area contributed by atoms with Crippen molar-refractivity contribution < 1.29 is 13.2 Å². The Hall–Kier alpha value is -1.07. The summed E-state index contributed by atoms with van der Waals surface area (Å²) in [6, 6.07) is 8.24. The summed E-state index contributed by atoms with van der Waals surface area (Å²) >= 11 is 0. The molecule has 0 radical (unpaired) electrons. The number of rotatable bonds is 4. The predicted molar refractivity (Wildman–Crippen MR) is 78.1 cm³/mol. The molecule has 0 saturated carbocycles. The molecule has 0 bridgehead atoms. The van der Waals surface area contributed by atoms with Crippen LogP contribution in [0.4, 0.5) is 13.2 Å². The third kappa shape index (κ3) is 5.67. The van der Waals surface area contributed by atoms with Gasteiger partial charge in [0.05, 0.1) is 6.54 Å². The molecule has 5 heteroatoms. The van der Waals surface area contributed by atoms with Crippen LogP contribution in [0.15, 0.2) is 24.3 Å². The molecule has 1 fully saturated rings. The number of hydrogen-bond donors (Lipinski definition) is 1. The molecule has 0 aliphatic carbocycles. The van der Waals surface area contributed by atoms with Gasteiger partial charge in [0.1, 0.15) is 0 Å². The summed E-state index contributed by atoms with van der Waals surface area (Å²) < 4.78 is 36.9. The van der Waals surface area contributed by atoms with Crippen LogP contribution < -0.4 is 5.32 Å². The summed E-state index contributed by atoms with van der Waals surface area (Å²) in [5.74, 6) is 0.412. The zero-order chi connectivity index (χ0) is 15.5. The van der Waals surface area contributed by atoms with Crippen LogP contribution in [-0.4, -0.2) is 36.8 Å². The number of likely N-dealkylation sites (tertiary alicyclic amines) is 1. The maximum absolute atomic E-state index is 12.3. The smallest absolute Gasteiger partial charge is 0.305 e. The van der Waals surface area contributed by atoms with Gasteiger partial charge in [0.15, 0.2) is 0 Å². The van der Waals surface area contributed by atoms with E-state index in [4.69, 9.17) is 0 Å². The van der Waals surface area contributed by atoms with E-state index in [2.05, 4.69) is 41.4 Å². The minimum absolute atomic E-state index is 0.0826. The van der Waals surface area contributed by atoms with Gasteiger partial charge in [-0.25, -0.2) is 0 Å². The second-order valence-electron chi connectivity index (χ2n) is 6.21. The molecule has 1 saturated heterocycles. The average molecular weight is 300 g/mol. The van der Waals surface area contributed by atoms with E-state index in [1.807, 2.05) is 6.92 Å². The fourth-order valence-electron chi connectivity index (χ4n) is 2.95. The largest absolute Gasteiger partial charge is 0.401 e.